The van der Waals surface area contributed by atoms with Gasteiger partial charge in [-0.2, -0.15) is 0 Å². The first-order valence-electron chi connectivity index (χ1n) is 10.7. The fourth-order valence-electron chi connectivity index (χ4n) is 4.10. The number of aliphatic hydroxyl groups excluding tert-OH is 1. The van der Waals surface area contributed by atoms with E-state index >= 15 is 0 Å². The first-order chi connectivity index (χ1) is 13.8. The van der Waals surface area contributed by atoms with Gasteiger partial charge in [0.1, 0.15) is 17.5 Å². The van der Waals surface area contributed by atoms with Crippen LogP contribution in [0.3, 0.4) is 0 Å². The molecular formula is C22H35N3O4. The third-order valence-corrected chi connectivity index (χ3v) is 5.55. The maximum Gasteiger partial charge on any atom is 0.410 e. The van der Waals surface area contributed by atoms with E-state index in [1.54, 1.807) is 11.1 Å². The molecule has 0 saturated carbocycles. The number of ether oxygens (including phenoxy) is 2. The SMILES string of the molecule is CN1CCC(Oc2ccnc3c2C(CCCO)N(C(=O)OC(C)(C)C)CC3)CC1. The molecule has 2 aliphatic heterocycles. The van der Waals surface area contributed by atoms with Crippen LogP contribution in [0.15, 0.2) is 12.3 Å². The highest BCUT2D eigenvalue weighted by Crippen LogP contribution is 2.39. The predicted molar refractivity (Wildman–Crippen MR) is 111 cm³/mol. The molecule has 1 amide bonds. The third-order valence-electron chi connectivity index (χ3n) is 5.55. The summed E-state index contributed by atoms with van der Waals surface area (Å²) in [5.74, 6) is 0.820. The first kappa shape index (κ1) is 21.8. The number of aliphatic hydroxyl groups is 1. The van der Waals surface area contributed by atoms with Gasteiger partial charge in [0.2, 0.25) is 0 Å². The fourth-order valence-corrected chi connectivity index (χ4v) is 4.10. The molecule has 29 heavy (non-hydrogen) atoms. The van der Waals surface area contributed by atoms with Crippen LogP contribution in [0, 0.1) is 0 Å². The smallest absolute Gasteiger partial charge is 0.410 e. The van der Waals surface area contributed by atoms with Gasteiger partial charge in [-0.1, -0.05) is 0 Å². The molecule has 1 fully saturated rings. The Morgan fingerprint density at radius 1 is 1.28 bits per heavy atom. The summed E-state index contributed by atoms with van der Waals surface area (Å²) in [5, 5.41) is 9.43. The summed E-state index contributed by atoms with van der Waals surface area (Å²) in [6, 6.07) is 1.72. The lowest BCUT2D eigenvalue weighted by Gasteiger charge is -2.39. The number of hydrogen-bond donors (Lipinski definition) is 1. The summed E-state index contributed by atoms with van der Waals surface area (Å²) in [4.78, 5) is 21.6. The third kappa shape index (κ3) is 5.60. The Morgan fingerprint density at radius 2 is 2.00 bits per heavy atom. The van der Waals surface area contributed by atoms with E-state index < -0.39 is 5.60 Å². The number of aromatic nitrogens is 1. The van der Waals surface area contributed by atoms with Crippen LogP contribution in [-0.2, 0) is 11.2 Å². The summed E-state index contributed by atoms with van der Waals surface area (Å²) < 4.78 is 12.1. The van der Waals surface area contributed by atoms with E-state index in [0.29, 0.717) is 25.8 Å². The summed E-state index contributed by atoms with van der Waals surface area (Å²) in [7, 11) is 2.13. The molecule has 1 unspecified atom stereocenters. The van der Waals surface area contributed by atoms with Crippen molar-refractivity contribution in [1.29, 1.82) is 0 Å². The van der Waals surface area contributed by atoms with Crippen LogP contribution in [0.1, 0.15) is 63.8 Å². The molecule has 0 spiro atoms. The van der Waals surface area contributed by atoms with Crippen molar-refractivity contribution < 1.29 is 19.4 Å². The number of fused-ring (bicyclic) bond motifs is 1. The van der Waals surface area contributed by atoms with Crippen molar-refractivity contribution in [3.8, 4) is 5.75 Å². The molecule has 0 bridgehead atoms. The number of carbonyl (C=O) groups excluding carboxylic acids is 1. The number of nitrogens with zero attached hydrogens (tertiary/aromatic N) is 3. The zero-order chi connectivity index (χ0) is 21.0. The van der Waals surface area contributed by atoms with Gasteiger partial charge in [-0.05, 0) is 59.6 Å². The number of pyridine rings is 1. The van der Waals surface area contributed by atoms with Crippen LogP contribution < -0.4 is 4.74 Å². The zero-order valence-corrected chi connectivity index (χ0v) is 18.2. The van der Waals surface area contributed by atoms with Crippen LogP contribution in [0.4, 0.5) is 4.79 Å². The van der Waals surface area contributed by atoms with Crippen molar-refractivity contribution >= 4 is 6.09 Å². The minimum absolute atomic E-state index is 0.0827. The second-order valence-corrected chi connectivity index (χ2v) is 9.10. The van der Waals surface area contributed by atoms with E-state index in [0.717, 1.165) is 42.9 Å². The van der Waals surface area contributed by atoms with Crippen LogP contribution >= 0.6 is 0 Å². The normalized spacial score (nSPS) is 21.0. The summed E-state index contributed by atoms with van der Waals surface area (Å²) >= 11 is 0. The molecule has 3 heterocycles. The Balaban J connectivity index is 1.87. The van der Waals surface area contributed by atoms with E-state index in [2.05, 4.69) is 16.9 Å². The monoisotopic (exact) mass is 405 g/mol. The summed E-state index contributed by atoms with van der Waals surface area (Å²) in [5.41, 5.74) is 1.41. The minimum Gasteiger partial charge on any atom is -0.490 e. The quantitative estimate of drug-likeness (QED) is 0.811. The average molecular weight is 406 g/mol. The highest BCUT2D eigenvalue weighted by Gasteiger charge is 2.36. The van der Waals surface area contributed by atoms with Gasteiger partial charge in [-0.25, -0.2) is 4.79 Å². The van der Waals surface area contributed by atoms with Crippen molar-refractivity contribution in [3.05, 3.63) is 23.5 Å². The van der Waals surface area contributed by atoms with Gasteiger partial charge in [-0.3, -0.25) is 4.98 Å². The standard InChI is InChI=1S/C22H35N3O4/c1-22(2,3)29-21(27)25-14-10-17-20(18(25)6-5-15-26)19(7-11-23-17)28-16-8-12-24(4)13-9-16/h7,11,16,18,26H,5-6,8-10,12-15H2,1-4H3. The molecule has 0 radical (unpaired) electrons. The minimum atomic E-state index is -0.554. The van der Waals surface area contributed by atoms with Crippen LogP contribution in [-0.4, -0.2) is 71.0 Å². The maximum atomic E-state index is 12.9. The second-order valence-electron chi connectivity index (χ2n) is 9.10. The molecule has 1 aromatic rings. The van der Waals surface area contributed by atoms with E-state index in [4.69, 9.17) is 9.47 Å². The van der Waals surface area contributed by atoms with Gasteiger partial charge in [0.15, 0.2) is 0 Å². The van der Waals surface area contributed by atoms with Crippen molar-refractivity contribution in [3.63, 3.8) is 0 Å². The highest BCUT2D eigenvalue weighted by atomic mass is 16.6. The Labute approximate surface area is 174 Å². The molecule has 0 aliphatic carbocycles. The Morgan fingerprint density at radius 3 is 2.66 bits per heavy atom. The number of rotatable bonds is 5. The number of hydrogen-bond acceptors (Lipinski definition) is 6. The molecule has 1 atom stereocenters. The average Bonchev–Trinajstić information content (AvgIpc) is 2.66. The molecule has 3 rings (SSSR count). The van der Waals surface area contributed by atoms with E-state index in [9.17, 15) is 9.90 Å². The number of piperidine rings is 1. The van der Waals surface area contributed by atoms with Crippen molar-refractivity contribution in [2.75, 3.05) is 33.3 Å². The van der Waals surface area contributed by atoms with Crippen molar-refractivity contribution in [2.24, 2.45) is 0 Å². The summed E-state index contributed by atoms with van der Waals surface area (Å²) in [6.07, 6.45) is 5.57. The summed E-state index contributed by atoms with van der Waals surface area (Å²) in [6.45, 7) is 8.32. The van der Waals surface area contributed by atoms with Gasteiger partial charge in [0.25, 0.3) is 0 Å². The zero-order valence-electron chi connectivity index (χ0n) is 18.2. The second kappa shape index (κ2) is 9.30. The highest BCUT2D eigenvalue weighted by molar-refractivity contribution is 5.70. The van der Waals surface area contributed by atoms with Crippen LogP contribution in [0.5, 0.6) is 5.75 Å². The van der Waals surface area contributed by atoms with Crippen LogP contribution in [0.2, 0.25) is 0 Å². The van der Waals surface area contributed by atoms with E-state index in [1.807, 2.05) is 26.8 Å². The number of carbonyl (C=O) groups is 1. The number of amides is 1. The van der Waals surface area contributed by atoms with Gasteiger partial charge >= 0.3 is 6.09 Å². The van der Waals surface area contributed by atoms with Gasteiger partial charge in [0, 0.05) is 44.4 Å². The largest absolute Gasteiger partial charge is 0.490 e. The molecule has 1 N–H and O–H groups in total. The number of likely N-dealkylation sites (tertiary alicyclic amines) is 1. The molecule has 7 heteroatoms. The van der Waals surface area contributed by atoms with Gasteiger partial charge < -0.3 is 24.4 Å². The van der Waals surface area contributed by atoms with E-state index in [1.165, 1.54) is 0 Å². The lowest BCUT2D eigenvalue weighted by Crippen LogP contribution is -2.43. The topological polar surface area (TPSA) is 75.1 Å². The van der Waals surface area contributed by atoms with E-state index in [-0.39, 0.29) is 24.8 Å². The van der Waals surface area contributed by atoms with Gasteiger partial charge in [0.05, 0.1) is 11.7 Å². The Hall–Kier alpha value is -1.86. The van der Waals surface area contributed by atoms with Gasteiger partial charge in [-0.15, -0.1) is 0 Å². The van der Waals surface area contributed by atoms with Crippen LogP contribution in [0.25, 0.3) is 0 Å². The lowest BCUT2D eigenvalue weighted by molar-refractivity contribution is 0.0117. The molecule has 2 aliphatic rings. The first-order valence-corrected chi connectivity index (χ1v) is 10.7. The lowest BCUT2D eigenvalue weighted by atomic mass is 9.92. The molecular weight excluding hydrogens is 370 g/mol. The molecule has 7 nitrogen and oxygen atoms in total. The van der Waals surface area contributed by atoms with Crippen molar-refractivity contribution in [2.45, 2.75) is 70.6 Å². The predicted octanol–water partition coefficient (Wildman–Crippen LogP) is 3.16. The molecule has 1 saturated heterocycles. The molecule has 1 aromatic heterocycles. The fraction of sp³-hybridized carbons (Fsp3) is 0.727. The Kier molecular flexibility index (Phi) is 7.01. The molecule has 0 aromatic carbocycles. The maximum absolute atomic E-state index is 12.9. The van der Waals surface area contributed by atoms with Crippen molar-refractivity contribution in [1.82, 2.24) is 14.8 Å². The Bertz CT molecular complexity index is 696. The molecule has 162 valence electrons.